The van der Waals surface area contributed by atoms with E-state index in [0.29, 0.717) is 37.0 Å². The lowest BCUT2D eigenvalue weighted by atomic mass is 10.3. The number of halogens is 2. The van der Waals surface area contributed by atoms with Gasteiger partial charge in [-0.25, -0.2) is 8.42 Å². The van der Waals surface area contributed by atoms with Crippen LogP contribution in [0.4, 0.5) is 0 Å². The maximum Gasteiger partial charge on any atom is 0.260 e. The highest BCUT2D eigenvalue weighted by atomic mass is 35.5. The Kier molecular flexibility index (Phi) is 5.55. The van der Waals surface area contributed by atoms with Crippen molar-refractivity contribution in [3.05, 3.63) is 28.2 Å². The number of hydrogen-bond acceptors (Lipinski definition) is 4. The second-order valence-electron chi connectivity index (χ2n) is 4.88. The van der Waals surface area contributed by atoms with Gasteiger partial charge in [-0.15, -0.1) is 0 Å². The van der Waals surface area contributed by atoms with Crippen LogP contribution in [-0.4, -0.2) is 62.6 Å². The van der Waals surface area contributed by atoms with Gasteiger partial charge in [0.25, 0.3) is 5.91 Å². The fourth-order valence-electron chi connectivity index (χ4n) is 2.10. The van der Waals surface area contributed by atoms with Gasteiger partial charge in [-0.2, -0.15) is 4.31 Å². The van der Waals surface area contributed by atoms with E-state index >= 15 is 0 Å². The van der Waals surface area contributed by atoms with Crippen molar-refractivity contribution < 1.29 is 17.9 Å². The monoisotopic (exact) mass is 366 g/mol. The number of carbonyl (C=O) groups is 1. The van der Waals surface area contributed by atoms with Gasteiger partial charge in [-0.1, -0.05) is 29.3 Å². The molecule has 0 atom stereocenters. The summed E-state index contributed by atoms with van der Waals surface area (Å²) in [5.74, 6) is 0.126. The lowest BCUT2D eigenvalue weighted by Crippen LogP contribution is -2.51. The van der Waals surface area contributed by atoms with E-state index in [2.05, 4.69) is 0 Å². The third-order valence-corrected chi connectivity index (χ3v) is 5.43. The zero-order valence-electron chi connectivity index (χ0n) is 12.0. The van der Waals surface area contributed by atoms with Crippen molar-refractivity contribution in [2.45, 2.75) is 0 Å². The number of amides is 1. The summed E-state index contributed by atoms with van der Waals surface area (Å²) in [5, 5.41) is 0.618. The van der Waals surface area contributed by atoms with Gasteiger partial charge in [0.05, 0.1) is 11.3 Å². The summed E-state index contributed by atoms with van der Waals surface area (Å²) < 4.78 is 29.6. The molecule has 0 spiro atoms. The van der Waals surface area contributed by atoms with Gasteiger partial charge >= 0.3 is 0 Å². The number of nitrogens with zero attached hydrogens (tertiary/aromatic N) is 2. The van der Waals surface area contributed by atoms with Gasteiger partial charge in [0.2, 0.25) is 10.0 Å². The second kappa shape index (κ2) is 7.04. The molecule has 0 unspecified atom stereocenters. The molecule has 9 heteroatoms. The van der Waals surface area contributed by atoms with E-state index in [0.717, 1.165) is 6.26 Å². The molecule has 1 aromatic carbocycles. The zero-order valence-corrected chi connectivity index (χ0v) is 14.3. The third-order valence-electron chi connectivity index (χ3n) is 3.33. The first kappa shape index (κ1) is 17.3. The SMILES string of the molecule is CS(=O)(=O)N1CCN(C(=O)COc2cccc(Cl)c2Cl)CC1. The van der Waals surface area contributed by atoms with Gasteiger partial charge in [0, 0.05) is 26.2 Å². The van der Waals surface area contributed by atoms with E-state index in [-0.39, 0.29) is 17.5 Å². The number of piperazine rings is 1. The second-order valence-corrected chi connectivity index (χ2v) is 7.65. The number of ether oxygens (including phenoxy) is 1. The minimum absolute atomic E-state index is 0.168. The molecule has 1 aliphatic heterocycles. The van der Waals surface area contributed by atoms with Gasteiger partial charge in [-0.3, -0.25) is 4.79 Å². The Morgan fingerprint density at radius 3 is 2.45 bits per heavy atom. The molecule has 1 heterocycles. The molecule has 1 aliphatic rings. The van der Waals surface area contributed by atoms with Crippen molar-refractivity contribution in [1.29, 1.82) is 0 Å². The van der Waals surface area contributed by atoms with Crippen molar-refractivity contribution in [2.75, 3.05) is 39.0 Å². The van der Waals surface area contributed by atoms with Gasteiger partial charge in [0.15, 0.2) is 6.61 Å². The van der Waals surface area contributed by atoms with E-state index in [4.69, 9.17) is 27.9 Å². The maximum absolute atomic E-state index is 12.1. The van der Waals surface area contributed by atoms with E-state index < -0.39 is 10.0 Å². The van der Waals surface area contributed by atoms with Crippen LogP contribution in [0, 0.1) is 0 Å². The van der Waals surface area contributed by atoms with Crippen LogP contribution in [-0.2, 0) is 14.8 Å². The van der Waals surface area contributed by atoms with Crippen molar-refractivity contribution in [3.63, 3.8) is 0 Å². The molecule has 122 valence electrons. The molecule has 0 bridgehead atoms. The van der Waals surface area contributed by atoms with Gasteiger partial charge in [-0.05, 0) is 12.1 Å². The minimum Gasteiger partial charge on any atom is -0.482 e. The minimum atomic E-state index is -3.21. The molecule has 1 saturated heterocycles. The van der Waals surface area contributed by atoms with Crippen molar-refractivity contribution in [1.82, 2.24) is 9.21 Å². The summed E-state index contributed by atoms with van der Waals surface area (Å²) in [6, 6.07) is 4.94. The Morgan fingerprint density at radius 1 is 1.23 bits per heavy atom. The molecule has 1 fully saturated rings. The third kappa shape index (κ3) is 4.25. The quantitative estimate of drug-likeness (QED) is 0.809. The Labute approximate surface area is 139 Å². The molecular weight excluding hydrogens is 351 g/mol. The number of sulfonamides is 1. The van der Waals surface area contributed by atoms with E-state index in [9.17, 15) is 13.2 Å². The molecule has 0 saturated carbocycles. The van der Waals surface area contributed by atoms with Crippen LogP contribution in [0.3, 0.4) is 0 Å². The molecule has 1 amide bonds. The van der Waals surface area contributed by atoms with Gasteiger partial charge in [0.1, 0.15) is 10.8 Å². The summed E-state index contributed by atoms with van der Waals surface area (Å²) in [5.41, 5.74) is 0. The van der Waals surface area contributed by atoms with Gasteiger partial charge < -0.3 is 9.64 Å². The van der Waals surface area contributed by atoms with Crippen molar-refractivity contribution in [2.24, 2.45) is 0 Å². The average Bonchev–Trinajstić information content (AvgIpc) is 2.48. The van der Waals surface area contributed by atoms with Crippen molar-refractivity contribution in [3.8, 4) is 5.75 Å². The highest BCUT2D eigenvalue weighted by Gasteiger charge is 2.26. The van der Waals surface area contributed by atoms with E-state index in [1.54, 1.807) is 23.1 Å². The van der Waals surface area contributed by atoms with Crippen LogP contribution < -0.4 is 4.74 Å². The molecule has 0 aromatic heterocycles. The zero-order chi connectivity index (χ0) is 16.3. The van der Waals surface area contributed by atoms with Crippen LogP contribution in [0.1, 0.15) is 0 Å². The fraction of sp³-hybridized carbons (Fsp3) is 0.462. The Morgan fingerprint density at radius 2 is 1.86 bits per heavy atom. The summed E-state index contributed by atoms with van der Waals surface area (Å²) in [7, 11) is -3.21. The number of carbonyl (C=O) groups excluding carboxylic acids is 1. The standard InChI is InChI=1S/C13H16Cl2N2O4S/c1-22(19,20)17-7-5-16(6-8-17)12(18)9-21-11-4-2-3-10(14)13(11)15/h2-4H,5-9H2,1H3. The summed E-state index contributed by atoms with van der Waals surface area (Å²) in [4.78, 5) is 13.7. The van der Waals surface area contributed by atoms with Crippen LogP contribution in [0.2, 0.25) is 10.0 Å². The van der Waals surface area contributed by atoms with Crippen LogP contribution in [0.15, 0.2) is 18.2 Å². The Bertz CT molecular complexity index is 658. The molecule has 0 N–H and O–H groups in total. The summed E-state index contributed by atoms with van der Waals surface area (Å²) >= 11 is 11.8. The highest BCUT2D eigenvalue weighted by Crippen LogP contribution is 2.31. The molecule has 2 rings (SSSR count). The summed E-state index contributed by atoms with van der Waals surface area (Å²) in [6.07, 6.45) is 1.16. The molecule has 0 aliphatic carbocycles. The lowest BCUT2D eigenvalue weighted by Gasteiger charge is -2.33. The number of benzene rings is 1. The highest BCUT2D eigenvalue weighted by molar-refractivity contribution is 7.88. The fourth-order valence-corrected chi connectivity index (χ4v) is 3.27. The van der Waals surface area contributed by atoms with E-state index in [1.165, 1.54) is 4.31 Å². The molecule has 0 radical (unpaired) electrons. The van der Waals surface area contributed by atoms with Crippen molar-refractivity contribution >= 4 is 39.1 Å². The molecule has 22 heavy (non-hydrogen) atoms. The average molecular weight is 367 g/mol. The first-order valence-corrected chi connectivity index (χ1v) is 9.19. The number of hydrogen-bond donors (Lipinski definition) is 0. The normalized spacial score (nSPS) is 16.6. The van der Waals surface area contributed by atoms with Crippen LogP contribution in [0.5, 0.6) is 5.75 Å². The summed E-state index contributed by atoms with van der Waals surface area (Å²) in [6.45, 7) is 1.11. The molecule has 1 aromatic rings. The Balaban J connectivity index is 1.88. The largest absolute Gasteiger partial charge is 0.482 e. The van der Waals surface area contributed by atoms with Crippen LogP contribution in [0.25, 0.3) is 0 Å². The Hall–Kier alpha value is -1.02. The predicted octanol–water partition coefficient (Wildman–Crippen LogP) is 1.48. The molecule has 6 nitrogen and oxygen atoms in total. The predicted molar refractivity (Wildman–Crippen MR) is 85.0 cm³/mol. The molecular formula is C13H16Cl2N2O4S. The first-order valence-electron chi connectivity index (χ1n) is 6.59. The lowest BCUT2D eigenvalue weighted by molar-refractivity contribution is -0.134. The van der Waals surface area contributed by atoms with Crippen LogP contribution >= 0.6 is 23.2 Å². The first-order chi connectivity index (χ1) is 10.3. The smallest absolute Gasteiger partial charge is 0.260 e. The topological polar surface area (TPSA) is 66.9 Å². The maximum atomic E-state index is 12.1. The number of rotatable bonds is 4. The van der Waals surface area contributed by atoms with E-state index in [1.807, 2.05) is 0 Å².